The zero-order chi connectivity index (χ0) is 29.3. The molecular weight excluding hydrogens is 520 g/mol. The van der Waals surface area contributed by atoms with Gasteiger partial charge in [-0.25, -0.2) is 0 Å². The SMILES string of the molecule is CC(C)[C@H](NC(=O)[C@H](C)NC(=O)[C@@H](NC(=O)c1ccccc1)C(C)(C)C)C(=O)C(=O)NCc1cccc(Cl)c1. The summed E-state index contributed by atoms with van der Waals surface area (Å²) in [5.41, 5.74) is 0.456. The van der Waals surface area contributed by atoms with E-state index >= 15 is 0 Å². The molecule has 2 aromatic rings. The molecule has 0 spiro atoms. The van der Waals surface area contributed by atoms with Gasteiger partial charge < -0.3 is 21.3 Å². The van der Waals surface area contributed by atoms with Gasteiger partial charge in [-0.15, -0.1) is 0 Å². The van der Waals surface area contributed by atoms with Gasteiger partial charge in [0.25, 0.3) is 11.8 Å². The van der Waals surface area contributed by atoms with Crippen molar-refractivity contribution in [1.82, 2.24) is 21.3 Å². The van der Waals surface area contributed by atoms with E-state index in [0.717, 1.165) is 5.56 Å². The van der Waals surface area contributed by atoms with Gasteiger partial charge in [-0.1, -0.05) is 76.6 Å². The molecule has 3 atom stereocenters. The minimum absolute atomic E-state index is 0.0965. The number of Topliss-reactive ketones (excluding diaryl/α,β-unsaturated/α-hetero) is 1. The first kappa shape index (κ1) is 31.5. The summed E-state index contributed by atoms with van der Waals surface area (Å²) in [5.74, 6) is -3.66. The van der Waals surface area contributed by atoms with Crippen LogP contribution in [0.2, 0.25) is 5.02 Å². The van der Waals surface area contributed by atoms with Gasteiger partial charge in [0.15, 0.2) is 0 Å². The van der Waals surface area contributed by atoms with Gasteiger partial charge in [0.2, 0.25) is 17.6 Å². The van der Waals surface area contributed by atoms with Crippen molar-refractivity contribution in [2.45, 2.75) is 66.2 Å². The minimum Gasteiger partial charge on any atom is -0.345 e. The van der Waals surface area contributed by atoms with Crippen LogP contribution in [0.3, 0.4) is 0 Å². The molecular formula is C29H37ClN4O5. The van der Waals surface area contributed by atoms with Crippen LogP contribution in [-0.4, -0.2) is 47.5 Å². The van der Waals surface area contributed by atoms with E-state index in [2.05, 4.69) is 21.3 Å². The second kappa shape index (κ2) is 13.9. The Balaban J connectivity index is 2.03. The first-order valence-corrected chi connectivity index (χ1v) is 13.1. The first-order chi connectivity index (χ1) is 18.2. The predicted molar refractivity (Wildman–Crippen MR) is 150 cm³/mol. The lowest BCUT2D eigenvalue weighted by atomic mass is 9.85. The number of carbonyl (C=O) groups excluding carboxylic acids is 5. The number of hydrogen-bond donors (Lipinski definition) is 4. The third-order valence-corrected chi connectivity index (χ3v) is 6.24. The highest BCUT2D eigenvalue weighted by atomic mass is 35.5. The molecule has 0 aliphatic rings. The number of carbonyl (C=O) groups is 5. The van der Waals surface area contributed by atoms with E-state index in [0.29, 0.717) is 10.6 Å². The van der Waals surface area contributed by atoms with Crippen molar-refractivity contribution in [3.8, 4) is 0 Å². The molecule has 0 saturated carbocycles. The summed E-state index contributed by atoms with van der Waals surface area (Å²) in [6.45, 7) is 10.3. The fourth-order valence-corrected chi connectivity index (χ4v) is 3.93. The number of rotatable bonds is 11. The van der Waals surface area contributed by atoms with Crippen LogP contribution in [0.4, 0.5) is 0 Å². The normalized spacial score (nSPS) is 13.5. The molecule has 4 N–H and O–H groups in total. The van der Waals surface area contributed by atoms with Crippen LogP contribution in [0.1, 0.15) is 57.5 Å². The third kappa shape index (κ3) is 9.51. The lowest BCUT2D eigenvalue weighted by molar-refractivity contribution is -0.141. The molecule has 0 aromatic heterocycles. The summed E-state index contributed by atoms with van der Waals surface area (Å²) >= 11 is 5.96. The quantitative estimate of drug-likeness (QED) is 0.316. The van der Waals surface area contributed by atoms with E-state index in [1.165, 1.54) is 6.92 Å². The Bertz CT molecular complexity index is 1190. The number of amides is 4. The Morgan fingerprint density at radius 3 is 2.03 bits per heavy atom. The number of benzene rings is 2. The van der Waals surface area contributed by atoms with Gasteiger partial charge in [0, 0.05) is 17.1 Å². The highest BCUT2D eigenvalue weighted by Gasteiger charge is 2.35. The number of nitrogens with one attached hydrogen (secondary N) is 4. The summed E-state index contributed by atoms with van der Waals surface area (Å²) in [6, 6.07) is 12.3. The Morgan fingerprint density at radius 1 is 0.821 bits per heavy atom. The van der Waals surface area contributed by atoms with Crippen LogP contribution in [0.25, 0.3) is 0 Å². The Kier molecular flexibility index (Phi) is 11.2. The summed E-state index contributed by atoms with van der Waals surface area (Å²) in [5, 5.41) is 11.0. The molecule has 0 aliphatic carbocycles. The summed E-state index contributed by atoms with van der Waals surface area (Å²) in [4.78, 5) is 64.2. The topological polar surface area (TPSA) is 133 Å². The average Bonchev–Trinajstić information content (AvgIpc) is 2.87. The molecule has 210 valence electrons. The lowest BCUT2D eigenvalue weighted by Gasteiger charge is -2.31. The maximum atomic E-state index is 13.1. The molecule has 2 aromatic carbocycles. The third-order valence-electron chi connectivity index (χ3n) is 6.00. The number of halogens is 1. The van der Waals surface area contributed by atoms with Crippen molar-refractivity contribution in [2.24, 2.45) is 11.3 Å². The zero-order valence-electron chi connectivity index (χ0n) is 23.1. The lowest BCUT2D eigenvalue weighted by Crippen LogP contribution is -2.59. The Labute approximate surface area is 234 Å². The molecule has 4 amide bonds. The Morgan fingerprint density at radius 2 is 1.46 bits per heavy atom. The second-order valence-electron chi connectivity index (χ2n) is 10.8. The molecule has 0 bridgehead atoms. The fourth-order valence-electron chi connectivity index (χ4n) is 3.71. The van der Waals surface area contributed by atoms with Crippen molar-refractivity contribution in [1.29, 1.82) is 0 Å². The highest BCUT2D eigenvalue weighted by Crippen LogP contribution is 2.20. The molecule has 0 heterocycles. The van der Waals surface area contributed by atoms with E-state index < -0.39 is 58.9 Å². The Hall–Kier alpha value is -3.72. The van der Waals surface area contributed by atoms with Crippen molar-refractivity contribution < 1.29 is 24.0 Å². The maximum absolute atomic E-state index is 13.1. The maximum Gasteiger partial charge on any atom is 0.289 e. The van der Waals surface area contributed by atoms with E-state index in [1.807, 2.05) is 0 Å². The zero-order valence-corrected chi connectivity index (χ0v) is 23.9. The molecule has 10 heteroatoms. The van der Waals surface area contributed by atoms with E-state index in [1.54, 1.807) is 89.2 Å². The molecule has 39 heavy (non-hydrogen) atoms. The first-order valence-electron chi connectivity index (χ1n) is 12.7. The van der Waals surface area contributed by atoms with Gasteiger partial charge in [-0.3, -0.25) is 24.0 Å². The molecule has 0 fully saturated rings. The highest BCUT2D eigenvalue weighted by molar-refractivity contribution is 6.38. The van der Waals surface area contributed by atoms with E-state index in [-0.39, 0.29) is 6.54 Å². The predicted octanol–water partition coefficient (Wildman–Crippen LogP) is 3.02. The summed E-state index contributed by atoms with van der Waals surface area (Å²) in [7, 11) is 0. The molecule has 0 aliphatic heterocycles. The van der Waals surface area contributed by atoms with Crippen LogP contribution in [0.5, 0.6) is 0 Å². The largest absolute Gasteiger partial charge is 0.345 e. The standard InChI is InChI=1S/C29H37ClN4O5/c1-17(2)22(23(35)27(38)31-16-19-11-10-14-21(30)15-19)33-25(36)18(3)32-28(39)24(29(4,5)6)34-26(37)20-12-8-7-9-13-20/h7-15,17-18,22,24H,16H2,1-6H3,(H,31,38)(H,32,39)(H,33,36)(H,34,37)/t18-,22-,24+/m0/s1. The summed E-state index contributed by atoms with van der Waals surface area (Å²) < 4.78 is 0. The van der Waals surface area contributed by atoms with Crippen LogP contribution < -0.4 is 21.3 Å². The smallest absolute Gasteiger partial charge is 0.289 e. The summed E-state index contributed by atoms with van der Waals surface area (Å²) in [6.07, 6.45) is 0. The molecule has 9 nitrogen and oxygen atoms in total. The van der Waals surface area contributed by atoms with Crippen molar-refractivity contribution >= 4 is 41.0 Å². The van der Waals surface area contributed by atoms with Crippen LogP contribution in [0, 0.1) is 11.3 Å². The van der Waals surface area contributed by atoms with Crippen LogP contribution in [-0.2, 0) is 25.7 Å². The average molecular weight is 557 g/mol. The van der Waals surface area contributed by atoms with Crippen LogP contribution >= 0.6 is 11.6 Å². The fraction of sp³-hybridized carbons (Fsp3) is 0.414. The molecule has 2 rings (SSSR count). The minimum atomic E-state index is -1.10. The monoisotopic (exact) mass is 556 g/mol. The van der Waals surface area contributed by atoms with Crippen molar-refractivity contribution in [3.05, 3.63) is 70.7 Å². The molecule has 0 saturated heterocycles. The van der Waals surface area contributed by atoms with Gasteiger partial charge in [-0.05, 0) is 48.1 Å². The van der Waals surface area contributed by atoms with Crippen LogP contribution in [0.15, 0.2) is 54.6 Å². The second-order valence-corrected chi connectivity index (χ2v) is 11.2. The molecule has 0 unspecified atom stereocenters. The van der Waals surface area contributed by atoms with Gasteiger partial charge >= 0.3 is 0 Å². The van der Waals surface area contributed by atoms with E-state index in [9.17, 15) is 24.0 Å². The van der Waals surface area contributed by atoms with Gasteiger partial charge in [0.05, 0.1) is 6.04 Å². The van der Waals surface area contributed by atoms with E-state index in [4.69, 9.17) is 11.6 Å². The van der Waals surface area contributed by atoms with Crippen molar-refractivity contribution in [2.75, 3.05) is 0 Å². The van der Waals surface area contributed by atoms with Gasteiger partial charge in [0.1, 0.15) is 12.1 Å². The van der Waals surface area contributed by atoms with Crippen molar-refractivity contribution in [3.63, 3.8) is 0 Å². The molecule has 0 radical (unpaired) electrons. The number of hydrogen-bond acceptors (Lipinski definition) is 5. The number of ketones is 1. The van der Waals surface area contributed by atoms with Gasteiger partial charge in [-0.2, -0.15) is 0 Å².